The maximum absolute atomic E-state index is 12.9. The minimum atomic E-state index is -1.49. The van der Waals surface area contributed by atoms with Gasteiger partial charge >= 0.3 is 0 Å². The van der Waals surface area contributed by atoms with Gasteiger partial charge in [0.05, 0.1) is 6.54 Å². The maximum Gasteiger partial charge on any atom is 0.234 e. The van der Waals surface area contributed by atoms with Crippen LogP contribution < -0.4 is 10.6 Å². The van der Waals surface area contributed by atoms with Crippen LogP contribution in [-0.4, -0.2) is 18.0 Å². The molecule has 0 atom stereocenters. The SMILES string of the molecule is CC(C)(C)NC(=O)CNCc1cc(F)c(F)c(F)c1. The second kappa shape index (κ2) is 6.06. The fourth-order valence-corrected chi connectivity index (χ4v) is 1.49. The molecule has 0 aliphatic heterocycles. The van der Waals surface area contributed by atoms with Crippen molar-refractivity contribution in [1.29, 1.82) is 0 Å². The Balaban J connectivity index is 2.48. The molecule has 0 bridgehead atoms. The van der Waals surface area contributed by atoms with Crippen molar-refractivity contribution < 1.29 is 18.0 Å². The van der Waals surface area contributed by atoms with Crippen molar-refractivity contribution in [3.05, 3.63) is 35.1 Å². The van der Waals surface area contributed by atoms with E-state index in [1.807, 2.05) is 20.8 Å². The number of carbonyl (C=O) groups is 1. The number of hydrogen-bond donors (Lipinski definition) is 2. The third-order valence-electron chi connectivity index (χ3n) is 2.17. The molecule has 3 nitrogen and oxygen atoms in total. The first-order valence-corrected chi connectivity index (χ1v) is 5.84. The van der Waals surface area contributed by atoms with Crippen molar-refractivity contribution in [2.24, 2.45) is 0 Å². The summed E-state index contributed by atoms with van der Waals surface area (Å²) in [5.74, 6) is -4.20. The number of rotatable bonds is 4. The van der Waals surface area contributed by atoms with E-state index in [9.17, 15) is 18.0 Å². The van der Waals surface area contributed by atoms with Crippen molar-refractivity contribution in [1.82, 2.24) is 10.6 Å². The standard InChI is InChI=1S/C13H17F3N2O/c1-13(2,3)18-11(19)7-17-6-8-4-9(14)12(16)10(15)5-8/h4-5,17H,6-7H2,1-3H3,(H,18,19). The summed E-state index contributed by atoms with van der Waals surface area (Å²) in [4.78, 5) is 11.5. The van der Waals surface area contributed by atoms with Gasteiger partial charge in [-0.1, -0.05) is 0 Å². The Morgan fingerprint density at radius 3 is 2.16 bits per heavy atom. The van der Waals surface area contributed by atoms with Crippen LogP contribution in [0.2, 0.25) is 0 Å². The van der Waals surface area contributed by atoms with Crippen LogP contribution in [0.25, 0.3) is 0 Å². The summed E-state index contributed by atoms with van der Waals surface area (Å²) in [6, 6.07) is 1.79. The van der Waals surface area contributed by atoms with Crippen LogP contribution in [0.1, 0.15) is 26.3 Å². The van der Waals surface area contributed by atoms with Gasteiger partial charge in [0.15, 0.2) is 17.5 Å². The molecule has 0 unspecified atom stereocenters. The van der Waals surface area contributed by atoms with E-state index < -0.39 is 17.5 Å². The third kappa shape index (κ3) is 5.30. The number of hydrogen-bond acceptors (Lipinski definition) is 2. The predicted octanol–water partition coefficient (Wildman–Crippen LogP) is 2.11. The highest BCUT2D eigenvalue weighted by atomic mass is 19.2. The average molecular weight is 274 g/mol. The predicted molar refractivity (Wildman–Crippen MR) is 65.9 cm³/mol. The Labute approximate surface area is 110 Å². The zero-order valence-corrected chi connectivity index (χ0v) is 11.1. The quantitative estimate of drug-likeness (QED) is 0.826. The molecule has 1 aromatic rings. The van der Waals surface area contributed by atoms with Crippen molar-refractivity contribution in [2.45, 2.75) is 32.9 Å². The molecule has 2 N–H and O–H groups in total. The topological polar surface area (TPSA) is 41.1 Å². The van der Waals surface area contributed by atoms with Gasteiger partial charge in [-0.3, -0.25) is 4.79 Å². The van der Waals surface area contributed by atoms with Crippen LogP contribution in [0.15, 0.2) is 12.1 Å². The lowest BCUT2D eigenvalue weighted by atomic mass is 10.1. The molecule has 19 heavy (non-hydrogen) atoms. The van der Waals surface area contributed by atoms with E-state index in [1.165, 1.54) is 0 Å². The van der Waals surface area contributed by atoms with Gasteiger partial charge in [-0.15, -0.1) is 0 Å². The summed E-state index contributed by atoms with van der Waals surface area (Å²) >= 11 is 0. The van der Waals surface area contributed by atoms with Gasteiger partial charge in [0, 0.05) is 12.1 Å². The molecule has 0 fully saturated rings. The fraction of sp³-hybridized carbons (Fsp3) is 0.462. The van der Waals surface area contributed by atoms with Gasteiger partial charge in [0.2, 0.25) is 5.91 Å². The van der Waals surface area contributed by atoms with E-state index in [2.05, 4.69) is 10.6 Å². The molecule has 0 radical (unpaired) electrons. The minimum absolute atomic E-state index is 0.0118. The van der Waals surface area contributed by atoms with E-state index in [1.54, 1.807) is 0 Å². The van der Waals surface area contributed by atoms with Gasteiger partial charge in [0.25, 0.3) is 0 Å². The van der Waals surface area contributed by atoms with Crippen molar-refractivity contribution in [2.75, 3.05) is 6.54 Å². The van der Waals surface area contributed by atoms with Crippen LogP contribution in [-0.2, 0) is 11.3 Å². The van der Waals surface area contributed by atoms with Crippen LogP contribution in [0.3, 0.4) is 0 Å². The Morgan fingerprint density at radius 2 is 1.68 bits per heavy atom. The Bertz CT molecular complexity index is 446. The minimum Gasteiger partial charge on any atom is -0.350 e. The lowest BCUT2D eigenvalue weighted by molar-refractivity contribution is -0.121. The Hall–Kier alpha value is -1.56. The van der Waals surface area contributed by atoms with Gasteiger partial charge < -0.3 is 10.6 Å². The van der Waals surface area contributed by atoms with Crippen molar-refractivity contribution >= 4 is 5.91 Å². The molecule has 0 spiro atoms. The van der Waals surface area contributed by atoms with E-state index in [4.69, 9.17) is 0 Å². The summed E-state index contributed by atoms with van der Waals surface area (Å²) in [7, 11) is 0. The second-order valence-electron chi connectivity index (χ2n) is 5.28. The third-order valence-corrected chi connectivity index (χ3v) is 2.17. The zero-order chi connectivity index (χ0) is 14.6. The van der Waals surface area contributed by atoms with Gasteiger partial charge in [-0.05, 0) is 38.5 Å². The summed E-state index contributed by atoms with van der Waals surface area (Å²) in [6.45, 7) is 5.62. The number of nitrogens with one attached hydrogen (secondary N) is 2. The largest absolute Gasteiger partial charge is 0.350 e. The van der Waals surface area contributed by atoms with Crippen molar-refractivity contribution in [3.8, 4) is 0 Å². The highest BCUT2D eigenvalue weighted by Gasteiger charge is 2.14. The van der Waals surface area contributed by atoms with E-state index in [0.29, 0.717) is 0 Å². The summed E-state index contributed by atoms with van der Waals surface area (Å²) < 4.78 is 38.6. The fourth-order valence-electron chi connectivity index (χ4n) is 1.49. The lowest BCUT2D eigenvalue weighted by Crippen LogP contribution is -2.44. The first-order valence-electron chi connectivity index (χ1n) is 5.84. The number of benzene rings is 1. The lowest BCUT2D eigenvalue weighted by Gasteiger charge is -2.20. The smallest absolute Gasteiger partial charge is 0.234 e. The van der Waals surface area contributed by atoms with Gasteiger partial charge in [-0.25, -0.2) is 13.2 Å². The molecule has 1 rings (SSSR count). The second-order valence-corrected chi connectivity index (χ2v) is 5.28. The monoisotopic (exact) mass is 274 g/mol. The molecular weight excluding hydrogens is 257 g/mol. The van der Waals surface area contributed by atoms with Crippen LogP contribution >= 0.6 is 0 Å². The zero-order valence-electron chi connectivity index (χ0n) is 11.1. The van der Waals surface area contributed by atoms with Crippen LogP contribution in [0.4, 0.5) is 13.2 Å². The first kappa shape index (κ1) is 15.5. The highest BCUT2D eigenvalue weighted by Crippen LogP contribution is 2.13. The Kier molecular flexibility index (Phi) is 4.94. The molecule has 0 aliphatic rings. The first-order chi connectivity index (χ1) is 8.69. The molecule has 0 saturated carbocycles. The molecular formula is C13H17F3N2O. The molecule has 1 amide bonds. The Morgan fingerprint density at radius 1 is 1.16 bits per heavy atom. The summed E-state index contributed by atoms with van der Waals surface area (Å²) in [5.41, 5.74) is -0.104. The van der Waals surface area contributed by atoms with Crippen molar-refractivity contribution in [3.63, 3.8) is 0 Å². The molecule has 0 aliphatic carbocycles. The number of halogens is 3. The molecule has 0 aromatic heterocycles. The molecule has 0 heterocycles. The molecule has 6 heteroatoms. The normalized spacial score (nSPS) is 11.5. The maximum atomic E-state index is 12.9. The van der Waals surface area contributed by atoms with Crippen LogP contribution in [0, 0.1) is 17.5 Å². The van der Waals surface area contributed by atoms with E-state index in [0.717, 1.165) is 12.1 Å². The number of carbonyl (C=O) groups excluding carboxylic acids is 1. The van der Waals surface area contributed by atoms with Gasteiger partial charge in [0.1, 0.15) is 0 Å². The average Bonchev–Trinajstić information content (AvgIpc) is 2.23. The number of amides is 1. The highest BCUT2D eigenvalue weighted by molar-refractivity contribution is 5.78. The molecule has 106 valence electrons. The van der Waals surface area contributed by atoms with Crippen LogP contribution in [0.5, 0.6) is 0 Å². The van der Waals surface area contributed by atoms with E-state index in [-0.39, 0.29) is 30.1 Å². The van der Waals surface area contributed by atoms with E-state index >= 15 is 0 Å². The molecule has 0 saturated heterocycles. The molecule has 1 aromatic carbocycles. The van der Waals surface area contributed by atoms with Gasteiger partial charge in [-0.2, -0.15) is 0 Å². The summed E-state index contributed by atoms with van der Waals surface area (Å²) in [6.07, 6.45) is 0. The summed E-state index contributed by atoms with van der Waals surface area (Å²) in [5, 5.41) is 5.46.